The molecule has 0 bridgehead atoms. The van der Waals surface area contributed by atoms with Gasteiger partial charge in [0.2, 0.25) is 0 Å². The van der Waals surface area contributed by atoms with E-state index in [2.05, 4.69) is 34.3 Å². The third-order valence-electron chi connectivity index (χ3n) is 3.24. The zero-order valence-corrected chi connectivity index (χ0v) is 10.8. The summed E-state index contributed by atoms with van der Waals surface area (Å²) in [5, 5.41) is 3.52. The SMILES string of the molecule is Cc1ccc(-c2cnc(C3CCCCN3)[nH]2)s1. The lowest BCUT2D eigenvalue weighted by molar-refractivity contribution is 0.399. The molecule has 1 aliphatic rings. The monoisotopic (exact) mass is 247 g/mol. The van der Waals surface area contributed by atoms with Crippen LogP contribution in [-0.4, -0.2) is 16.5 Å². The number of nitrogens with one attached hydrogen (secondary N) is 2. The molecule has 0 aromatic carbocycles. The number of H-pyrrole nitrogens is 1. The van der Waals surface area contributed by atoms with E-state index in [1.54, 1.807) is 0 Å². The van der Waals surface area contributed by atoms with Crippen molar-refractivity contribution in [3.63, 3.8) is 0 Å². The molecule has 1 saturated heterocycles. The summed E-state index contributed by atoms with van der Waals surface area (Å²) in [4.78, 5) is 10.6. The van der Waals surface area contributed by atoms with Crippen molar-refractivity contribution in [2.75, 3.05) is 6.54 Å². The molecular formula is C13H17N3S. The average Bonchev–Trinajstić information content (AvgIpc) is 2.98. The molecule has 1 fully saturated rings. The minimum absolute atomic E-state index is 0.415. The first-order chi connectivity index (χ1) is 8.33. The Morgan fingerprint density at radius 2 is 2.29 bits per heavy atom. The van der Waals surface area contributed by atoms with Gasteiger partial charge < -0.3 is 10.3 Å². The number of aryl methyl sites for hydroxylation is 1. The standard InChI is InChI=1S/C13H17N3S/c1-9-5-6-12(17-9)11-8-15-13(16-11)10-4-2-3-7-14-10/h5-6,8,10,14H,2-4,7H2,1H3,(H,15,16). The molecule has 17 heavy (non-hydrogen) atoms. The van der Waals surface area contributed by atoms with Gasteiger partial charge in [-0.05, 0) is 38.4 Å². The van der Waals surface area contributed by atoms with Gasteiger partial charge in [-0.2, -0.15) is 0 Å². The zero-order valence-electron chi connectivity index (χ0n) is 9.99. The minimum atomic E-state index is 0.415. The van der Waals surface area contributed by atoms with Crippen molar-refractivity contribution in [3.8, 4) is 10.6 Å². The highest BCUT2D eigenvalue weighted by Crippen LogP contribution is 2.28. The normalized spacial score (nSPS) is 20.6. The van der Waals surface area contributed by atoms with E-state index in [9.17, 15) is 0 Å². The molecule has 1 unspecified atom stereocenters. The summed E-state index contributed by atoms with van der Waals surface area (Å²) in [6.45, 7) is 3.24. The highest BCUT2D eigenvalue weighted by atomic mass is 32.1. The van der Waals surface area contributed by atoms with Gasteiger partial charge in [-0.3, -0.25) is 0 Å². The van der Waals surface area contributed by atoms with Crippen LogP contribution < -0.4 is 5.32 Å². The van der Waals surface area contributed by atoms with Gasteiger partial charge in [0.25, 0.3) is 0 Å². The van der Waals surface area contributed by atoms with Crippen LogP contribution in [0.2, 0.25) is 0 Å². The summed E-state index contributed by atoms with van der Waals surface area (Å²) < 4.78 is 0. The van der Waals surface area contributed by atoms with E-state index in [4.69, 9.17) is 0 Å². The van der Waals surface area contributed by atoms with Gasteiger partial charge in [-0.25, -0.2) is 4.98 Å². The Hall–Kier alpha value is -1.13. The summed E-state index contributed by atoms with van der Waals surface area (Å²) in [5.74, 6) is 1.09. The van der Waals surface area contributed by atoms with Crippen molar-refractivity contribution in [1.29, 1.82) is 0 Å². The van der Waals surface area contributed by atoms with Gasteiger partial charge in [0.1, 0.15) is 5.82 Å². The highest BCUT2D eigenvalue weighted by Gasteiger charge is 2.17. The van der Waals surface area contributed by atoms with Gasteiger partial charge >= 0.3 is 0 Å². The van der Waals surface area contributed by atoms with Crippen LogP contribution in [0.5, 0.6) is 0 Å². The number of rotatable bonds is 2. The number of aromatic nitrogens is 2. The number of nitrogens with zero attached hydrogens (tertiary/aromatic N) is 1. The molecule has 3 nitrogen and oxygen atoms in total. The molecule has 3 rings (SSSR count). The fourth-order valence-corrected chi connectivity index (χ4v) is 3.14. The summed E-state index contributed by atoms with van der Waals surface area (Å²) in [5.41, 5.74) is 1.14. The van der Waals surface area contributed by atoms with Crippen molar-refractivity contribution in [3.05, 3.63) is 29.0 Å². The molecule has 0 radical (unpaired) electrons. The second kappa shape index (κ2) is 4.63. The van der Waals surface area contributed by atoms with E-state index >= 15 is 0 Å². The number of piperidine rings is 1. The Morgan fingerprint density at radius 3 is 3.00 bits per heavy atom. The molecule has 3 heterocycles. The van der Waals surface area contributed by atoms with Gasteiger partial charge in [-0.1, -0.05) is 6.42 Å². The van der Waals surface area contributed by atoms with Crippen molar-refractivity contribution in [1.82, 2.24) is 15.3 Å². The fraction of sp³-hybridized carbons (Fsp3) is 0.462. The predicted octanol–water partition coefficient (Wildman–Crippen LogP) is 3.26. The Labute approximate surface area is 105 Å². The van der Waals surface area contributed by atoms with Crippen molar-refractivity contribution in [2.24, 2.45) is 0 Å². The van der Waals surface area contributed by atoms with Crippen LogP contribution in [0.3, 0.4) is 0 Å². The lowest BCUT2D eigenvalue weighted by Gasteiger charge is -2.21. The number of aromatic amines is 1. The largest absolute Gasteiger partial charge is 0.340 e. The summed E-state index contributed by atoms with van der Waals surface area (Å²) in [6.07, 6.45) is 5.73. The average molecular weight is 247 g/mol. The van der Waals surface area contributed by atoms with Crippen LogP contribution >= 0.6 is 11.3 Å². The van der Waals surface area contributed by atoms with Gasteiger partial charge in [0.05, 0.1) is 22.8 Å². The van der Waals surface area contributed by atoms with E-state index in [0.717, 1.165) is 18.1 Å². The predicted molar refractivity (Wildman–Crippen MR) is 71.2 cm³/mol. The first kappa shape index (κ1) is 11.0. The van der Waals surface area contributed by atoms with Gasteiger partial charge in [0.15, 0.2) is 0 Å². The highest BCUT2D eigenvalue weighted by molar-refractivity contribution is 7.15. The molecule has 0 spiro atoms. The van der Waals surface area contributed by atoms with Crippen LogP contribution in [0.25, 0.3) is 10.6 Å². The van der Waals surface area contributed by atoms with E-state index < -0.39 is 0 Å². The molecule has 1 aliphatic heterocycles. The molecule has 2 aromatic heterocycles. The van der Waals surface area contributed by atoms with E-state index in [1.807, 2.05) is 17.5 Å². The first-order valence-corrected chi connectivity index (χ1v) is 7.00. The Kier molecular flexibility index (Phi) is 2.99. The quantitative estimate of drug-likeness (QED) is 0.855. The lowest BCUT2D eigenvalue weighted by Crippen LogP contribution is -2.27. The maximum atomic E-state index is 4.51. The summed E-state index contributed by atoms with van der Waals surface area (Å²) >= 11 is 1.81. The van der Waals surface area contributed by atoms with Gasteiger partial charge in [-0.15, -0.1) is 11.3 Å². The van der Waals surface area contributed by atoms with Crippen LogP contribution in [-0.2, 0) is 0 Å². The molecule has 2 N–H and O–H groups in total. The van der Waals surface area contributed by atoms with Crippen LogP contribution in [0, 0.1) is 6.92 Å². The van der Waals surface area contributed by atoms with Crippen molar-refractivity contribution < 1.29 is 0 Å². The third kappa shape index (κ3) is 2.28. The number of imidazole rings is 1. The topological polar surface area (TPSA) is 40.7 Å². The molecule has 2 aromatic rings. The molecule has 4 heteroatoms. The Bertz CT molecular complexity index is 494. The second-order valence-corrected chi connectivity index (χ2v) is 5.88. The van der Waals surface area contributed by atoms with E-state index in [-0.39, 0.29) is 0 Å². The lowest BCUT2D eigenvalue weighted by atomic mass is 10.0. The number of hydrogen-bond acceptors (Lipinski definition) is 3. The second-order valence-electron chi connectivity index (χ2n) is 4.59. The zero-order chi connectivity index (χ0) is 11.7. The maximum absolute atomic E-state index is 4.51. The Balaban J connectivity index is 1.82. The first-order valence-electron chi connectivity index (χ1n) is 6.18. The molecule has 0 saturated carbocycles. The molecular weight excluding hydrogens is 230 g/mol. The third-order valence-corrected chi connectivity index (χ3v) is 4.28. The fourth-order valence-electron chi connectivity index (χ4n) is 2.30. The molecule has 0 amide bonds. The number of hydrogen-bond donors (Lipinski definition) is 2. The van der Waals surface area contributed by atoms with Crippen LogP contribution in [0.4, 0.5) is 0 Å². The number of thiophene rings is 1. The summed E-state index contributed by atoms with van der Waals surface area (Å²) in [7, 11) is 0. The minimum Gasteiger partial charge on any atom is -0.340 e. The van der Waals surface area contributed by atoms with Crippen molar-refractivity contribution in [2.45, 2.75) is 32.2 Å². The van der Waals surface area contributed by atoms with Crippen LogP contribution in [0.1, 0.15) is 36.0 Å². The van der Waals surface area contributed by atoms with Crippen molar-refractivity contribution >= 4 is 11.3 Å². The molecule has 0 aliphatic carbocycles. The van der Waals surface area contributed by atoms with Crippen LogP contribution in [0.15, 0.2) is 18.3 Å². The smallest absolute Gasteiger partial charge is 0.123 e. The Morgan fingerprint density at radius 1 is 1.35 bits per heavy atom. The molecule has 90 valence electrons. The van der Waals surface area contributed by atoms with E-state index in [0.29, 0.717) is 6.04 Å². The van der Waals surface area contributed by atoms with Gasteiger partial charge in [0, 0.05) is 4.88 Å². The summed E-state index contributed by atoms with van der Waals surface area (Å²) in [6, 6.07) is 4.73. The van der Waals surface area contributed by atoms with E-state index in [1.165, 1.54) is 29.0 Å². The maximum Gasteiger partial charge on any atom is 0.123 e. The molecule has 1 atom stereocenters.